The van der Waals surface area contributed by atoms with Gasteiger partial charge in [-0.25, -0.2) is 4.98 Å². The summed E-state index contributed by atoms with van der Waals surface area (Å²) in [7, 11) is -3.30. The molecule has 12 rings (SSSR count). The molecule has 0 aliphatic carbocycles. The fourth-order valence-electron chi connectivity index (χ4n) is 8.99. The lowest BCUT2D eigenvalue weighted by molar-refractivity contribution is 0.592. The molecular weight excluding hydrogens is 714 g/mol. The summed E-state index contributed by atoms with van der Waals surface area (Å²) in [6.45, 7) is 0. The van der Waals surface area contributed by atoms with Crippen LogP contribution < -0.4 is 15.9 Å². The van der Waals surface area contributed by atoms with E-state index >= 15 is 4.57 Å². The Bertz CT molecular complexity index is 3610. The Kier molecular flexibility index (Phi) is 6.87. The van der Waals surface area contributed by atoms with E-state index in [9.17, 15) is 0 Å². The molecule has 3 heterocycles. The van der Waals surface area contributed by atoms with Crippen molar-refractivity contribution in [2.24, 2.45) is 0 Å². The van der Waals surface area contributed by atoms with E-state index in [0.717, 1.165) is 87.1 Å². The zero-order valence-electron chi connectivity index (χ0n) is 30.7. The Morgan fingerprint density at radius 2 is 1.00 bits per heavy atom. The van der Waals surface area contributed by atoms with Crippen molar-refractivity contribution in [3.05, 3.63) is 194 Å². The number of pyridine rings is 2. The summed E-state index contributed by atoms with van der Waals surface area (Å²) in [4.78, 5) is 9.72. The van der Waals surface area contributed by atoms with Crippen LogP contribution in [0.3, 0.4) is 0 Å². The van der Waals surface area contributed by atoms with Gasteiger partial charge in [-0.3, -0.25) is 9.38 Å². The first-order valence-corrected chi connectivity index (χ1v) is 20.9. The molecule has 0 aliphatic rings. The van der Waals surface area contributed by atoms with Gasteiger partial charge in [0.05, 0.1) is 22.1 Å². The molecule has 9 aromatic carbocycles. The van der Waals surface area contributed by atoms with Crippen molar-refractivity contribution in [1.82, 2.24) is 14.4 Å². The van der Waals surface area contributed by atoms with Gasteiger partial charge >= 0.3 is 0 Å². The molecule has 0 saturated heterocycles. The van der Waals surface area contributed by atoms with Crippen LogP contribution in [0, 0.1) is 0 Å². The molecule has 1 atom stereocenters. The van der Waals surface area contributed by atoms with Crippen molar-refractivity contribution in [2.45, 2.75) is 0 Å². The minimum absolute atomic E-state index is 0.795. The Labute approximate surface area is 327 Å². The third-order valence-electron chi connectivity index (χ3n) is 11.8. The molecule has 1 unspecified atom stereocenters. The van der Waals surface area contributed by atoms with Crippen molar-refractivity contribution < 1.29 is 4.57 Å². The van der Waals surface area contributed by atoms with E-state index in [4.69, 9.17) is 4.98 Å². The molecule has 12 aromatic rings. The lowest BCUT2D eigenvalue weighted by Crippen LogP contribution is -2.25. The average Bonchev–Trinajstić information content (AvgIpc) is 3.68. The van der Waals surface area contributed by atoms with Crippen LogP contribution in [0.2, 0.25) is 0 Å². The highest BCUT2D eigenvalue weighted by Crippen LogP contribution is 2.45. The van der Waals surface area contributed by atoms with Crippen LogP contribution in [0.25, 0.3) is 92.7 Å². The monoisotopic (exact) mass is 745 g/mol. The van der Waals surface area contributed by atoms with E-state index in [1.54, 1.807) is 6.20 Å². The maximum Gasteiger partial charge on any atom is 0.171 e. The molecule has 0 N–H and O–H groups in total. The van der Waals surface area contributed by atoms with E-state index in [-0.39, 0.29) is 0 Å². The highest BCUT2D eigenvalue weighted by Gasteiger charge is 2.31. The zero-order valence-corrected chi connectivity index (χ0v) is 31.6. The second-order valence-electron chi connectivity index (χ2n) is 15.0. The number of benzene rings is 9. The molecule has 0 spiro atoms. The lowest BCUT2D eigenvalue weighted by Gasteiger charge is -2.21. The zero-order chi connectivity index (χ0) is 37.7. The second-order valence-corrected chi connectivity index (χ2v) is 17.7. The Morgan fingerprint density at radius 3 is 1.88 bits per heavy atom. The number of imidazole rings is 1. The molecular formula is C52H32N3OP. The van der Waals surface area contributed by atoms with Crippen LogP contribution in [0.15, 0.2) is 194 Å². The smallest absolute Gasteiger partial charge is 0.171 e. The summed E-state index contributed by atoms with van der Waals surface area (Å²) in [5, 5.41) is 13.7. The van der Waals surface area contributed by atoms with Crippen LogP contribution in [0.5, 0.6) is 0 Å². The first-order chi connectivity index (χ1) is 28.1. The molecule has 3 aromatic heterocycles. The van der Waals surface area contributed by atoms with Crippen LogP contribution in [-0.2, 0) is 4.57 Å². The normalized spacial score (nSPS) is 13.1. The molecule has 0 radical (unpaired) electrons. The average molecular weight is 746 g/mol. The molecule has 57 heavy (non-hydrogen) atoms. The molecule has 0 bridgehead atoms. The largest absolute Gasteiger partial charge is 0.309 e. The van der Waals surface area contributed by atoms with E-state index < -0.39 is 7.14 Å². The first-order valence-electron chi connectivity index (χ1n) is 19.2. The summed E-state index contributed by atoms with van der Waals surface area (Å²) < 4.78 is 18.2. The van der Waals surface area contributed by atoms with E-state index in [2.05, 4.69) is 155 Å². The predicted molar refractivity (Wildman–Crippen MR) is 240 cm³/mol. The van der Waals surface area contributed by atoms with Crippen molar-refractivity contribution in [3.63, 3.8) is 0 Å². The fraction of sp³-hybridized carbons (Fsp3) is 0. The van der Waals surface area contributed by atoms with Crippen molar-refractivity contribution in [3.8, 4) is 11.1 Å². The fourth-order valence-corrected chi connectivity index (χ4v) is 11.7. The van der Waals surface area contributed by atoms with Gasteiger partial charge in [0.15, 0.2) is 7.14 Å². The van der Waals surface area contributed by atoms with Gasteiger partial charge in [-0.2, -0.15) is 0 Å². The standard InChI is InChI=1S/C52H32N3OP/c56-57(41-21-17-33-8-1-2-10-35(33)29-41,43-23-26-47-40(31-43)11-7-27-53-47)42-22-18-37-28-36(15-16-38(37)30-42)39-20-24-45-50(32-39)55-49-14-6-5-13-48(49)54-52(55)46-25-19-34-9-3-4-12-44(34)51(45)46/h1-32H. The molecule has 4 nitrogen and oxygen atoms in total. The quantitative estimate of drug-likeness (QED) is 0.133. The number of hydrogen-bond donors (Lipinski definition) is 0. The topological polar surface area (TPSA) is 47.3 Å². The van der Waals surface area contributed by atoms with Crippen LogP contribution in [0.1, 0.15) is 0 Å². The van der Waals surface area contributed by atoms with Gasteiger partial charge in [0.2, 0.25) is 0 Å². The summed E-state index contributed by atoms with van der Waals surface area (Å²) in [6, 6.07) is 65.7. The number of para-hydroxylation sites is 2. The third-order valence-corrected chi connectivity index (χ3v) is 14.8. The molecule has 0 amide bonds. The van der Waals surface area contributed by atoms with Crippen molar-refractivity contribution >= 4 is 105 Å². The summed E-state index contributed by atoms with van der Waals surface area (Å²) in [5.41, 5.74) is 7.28. The summed E-state index contributed by atoms with van der Waals surface area (Å²) >= 11 is 0. The maximum absolute atomic E-state index is 15.9. The van der Waals surface area contributed by atoms with Crippen LogP contribution >= 0.6 is 7.14 Å². The number of nitrogens with zero attached hydrogens (tertiary/aromatic N) is 3. The molecule has 0 saturated carbocycles. The third kappa shape index (κ3) is 4.84. The van der Waals surface area contributed by atoms with Crippen molar-refractivity contribution in [1.29, 1.82) is 0 Å². The first kappa shape index (κ1) is 32.1. The van der Waals surface area contributed by atoms with E-state index in [1.807, 2.05) is 42.5 Å². The molecule has 266 valence electrons. The highest BCUT2D eigenvalue weighted by molar-refractivity contribution is 7.85. The summed E-state index contributed by atoms with van der Waals surface area (Å²) in [6.07, 6.45) is 1.80. The minimum atomic E-state index is -3.30. The van der Waals surface area contributed by atoms with Crippen molar-refractivity contribution in [2.75, 3.05) is 0 Å². The summed E-state index contributed by atoms with van der Waals surface area (Å²) in [5.74, 6) is 0. The van der Waals surface area contributed by atoms with E-state index in [1.165, 1.54) is 21.5 Å². The van der Waals surface area contributed by atoms with E-state index in [0.29, 0.717) is 0 Å². The van der Waals surface area contributed by atoms with Gasteiger partial charge in [0.25, 0.3) is 0 Å². The number of hydrogen-bond acceptors (Lipinski definition) is 3. The van der Waals surface area contributed by atoms with Gasteiger partial charge in [0, 0.05) is 43.7 Å². The Balaban J connectivity index is 1.04. The predicted octanol–water partition coefficient (Wildman–Crippen LogP) is 12.1. The molecule has 0 aliphatic heterocycles. The van der Waals surface area contributed by atoms with Gasteiger partial charge in [-0.1, -0.05) is 121 Å². The number of rotatable bonds is 4. The Hall–Kier alpha value is -7.13. The lowest BCUT2D eigenvalue weighted by atomic mass is 9.96. The SMILES string of the molecule is O=P(c1ccc2ccccc2c1)(c1ccc2cc(-c3ccc4c5c6ccccc6ccc5c5nc6ccccc6n5c4c3)ccc2c1)c1ccc2ncccc2c1. The second kappa shape index (κ2) is 12.2. The molecule has 0 fully saturated rings. The van der Waals surface area contributed by atoms with Crippen LogP contribution in [0.4, 0.5) is 0 Å². The van der Waals surface area contributed by atoms with Gasteiger partial charge in [-0.05, 0) is 110 Å². The highest BCUT2D eigenvalue weighted by atomic mass is 31.2. The van der Waals surface area contributed by atoms with Crippen LogP contribution in [-0.4, -0.2) is 14.4 Å². The van der Waals surface area contributed by atoms with Gasteiger partial charge < -0.3 is 4.57 Å². The van der Waals surface area contributed by atoms with Gasteiger partial charge in [-0.15, -0.1) is 0 Å². The number of fused-ring (bicyclic) bond motifs is 13. The maximum atomic E-state index is 15.9. The minimum Gasteiger partial charge on any atom is -0.309 e. The number of aromatic nitrogens is 3. The Morgan fingerprint density at radius 1 is 0.404 bits per heavy atom. The molecule has 5 heteroatoms. The van der Waals surface area contributed by atoms with Gasteiger partial charge in [0.1, 0.15) is 5.65 Å².